The van der Waals surface area contributed by atoms with Gasteiger partial charge in [-0.15, -0.1) is 0 Å². The van der Waals surface area contributed by atoms with E-state index >= 15 is 0 Å². The zero-order chi connectivity index (χ0) is 14.3. The van der Waals surface area contributed by atoms with E-state index in [0.717, 1.165) is 37.0 Å². The van der Waals surface area contributed by atoms with Crippen molar-refractivity contribution in [3.8, 4) is 0 Å². The van der Waals surface area contributed by atoms with Crippen molar-refractivity contribution in [3.05, 3.63) is 0 Å². The second-order valence-electron chi connectivity index (χ2n) is 7.21. The largest absolute Gasteiger partial charge is 0.386 e. The SMILES string of the molecule is CCC(NC(=O)NC12CC3CC(CC(C3)C1)C2)C(=N)N. The van der Waals surface area contributed by atoms with Crippen LogP contribution in [0.2, 0.25) is 0 Å². The second-order valence-corrected chi connectivity index (χ2v) is 7.21. The smallest absolute Gasteiger partial charge is 0.315 e. The molecule has 4 aliphatic rings. The topological polar surface area (TPSA) is 91.0 Å². The molecule has 5 N–H and O–H groups in total. The van der Waals surface area contributed by atoms with Gasteiger partial charge in [-0.1, -0.05) is 6.92 Å². The van der Waals surface area contributed by atoms with E-state index in [9.17, 15) is 4.79 Å². The number of carbonyl (C=O) groups excluding carboxylic acids is 1. The minimum absolute atomic E-state index is 0.0217. The molecule has 4 saturated carbocycles. The summed E-state index contributed by atoms with van der Waals surface area (Å²) in [6.45, 7) is 1.93. The summed E-state index contributed by atoms with van der Waals surface area (Å²) >= 11 is 0. The van der Waals surface area contributed by atoms with Crippen LogP contribution < -0.4 is 16.4 Å². The van der Waals surface area contributed by atoms with Gasteiger partial charge < -0.3 is 16.4 Å². The van der Waals surface area contributed by atoms with Gasteiger partial charge in [-0.2, -0.15) is 0 Å². The van der Waals surface area contributed by atoms with Crippen molar-refractivity contribution in [2.24, 2.45) is 23.5 Å². The fourth-order valence-corrected chi connectivity index (χ4v) is 5.10. The first-order chi connectivity index (χ1) is 9.49. The molecule has 0 heterocycles. The number of amides is 2. The second kappa shape index (κ2) is 4.93. The minimum atomic E-state index is -0.344. The Balaban J connectivity index is 1.62. The Morgan fingerprint density at radius 3 is 2.15 bits per heavy atom. The number of hydrogen-bond donors (Lipinski definition) is 4. The van der Waals surface area contributed by atoms with Crippen LogP contribution in [0, 0.1) is 23.2 Å². The van der Waals surface area contributed by atoms with Crippen LogP contribution in [0.3, 0.4) is 0 Å². The molecule has 5 heteroatoms. The average molecular weight is 278 g/mol. The molecule has 4 bridgehead atoms. The van der Waals surface area contributed by atoms with E-state index in [2.05, 4.69) is 10.6 Å². The quantitative estimate of drug-likeness (QED) is 0.468. The molecular weight excluding hydrogens is 252 g/mol. The number of rotatable bonds is 4. The summed E-state index contributed by atoms with van der Waals surface area (Å²) in [4.78, 5) is 12.2. The molecule has 0 aromatic rings. The van der Waals surface area contributed by atoms with E-state index in [4.69, 9.17) is 11.1 Å². The Morgan fingerprint density at radius 2 is 1.75 bits per heavy atom. The van der Waals surface area contributed by atoms with Gasteiger partial charge in [-0.3, -0.25) is 5.41 Å². The zero-order valence-corrected chi connectivity index (χ0v) is 12.2. The monoisotopic (exact) mass is 278 g/mol. The number of nitrogens with two attached hydrogens (primary N) is 1. The number of urea groups is 1. The Bertz CT molecular complexity index is 385. The highest BCUT2D eigenvalue weighted by molar-refractivity contribution is 5.87. The first kappa shape index (κ1) is 13.7. The molecule has 0 aliphatic heterocycles. The van der Waals surface area contributed by atoms with Crippen LogP contribution in [-0.2, 0) is 0 Å². The summed E-state index contributed by atoms with van der Waals surface area (Å²) in [7, 11) is 0. The Kier molecular flexibility index (Phi) is 3.38. The molecule has 1 atom stereocenters. The summed E-state index contributed by atoms with van der Waals surface area (Å²) in [5.74, 6) is 2.48. The van der Waals surface area contributed by atoms with E-state index in [1.54, 1.807) is 0 Å². The Labute approximate surface area is 120 Å². The molecule has 5 nitrogen and oxygen atoms in total. The van der Waals surface area contributed by atoms with Crippen LogP contribution in [0.1, 0.15) is 51.9 Å². The molecule has 20 heavy (non-hydrogen) atoms. The van der Waals surface area contributed by atoms with E-state index in [0.29, 0.717) is 6.42 Å². The summed E-state index contributed by atoms with van der Waals surface area (Å²) in [6, 6.07) is -0.488. The highest BCUT2D eigenvalue weighted by Crippen LogP contribution is 2.55. The normalized spacial score (nSPS) is 39.4. The summed E-state index contributed by atoms with van der Waals surface area (Å²) in [5, 5.41) is 13.6. The molecule has 4 fully saturated rings. The van der Waals surface area contributed by atoms with E-state index in [1.807, 2.05) is 6.92 Å². The van der Waals surface area contributed by atoms with Crippen LogP contribution in [0.15, 0.2) is 0 Å². The lowest BCUT2D eigenvalue weighted by molar-refractivity contribution is -0.0135. The van der Waals surface area contributed by atoms with Crippen molar-refractivity contribution in [1.82, 2.24) is 10.6 Å². The van der Waals surface area contributed by atoms with Crippen molar-refractivity contribution in [3.63, 3.8) is 0 Å². The van der Waals surface area contributed by atoms with Crippen molar-refractivity contribution >= 4 is 11.9 Å². The lowest BCUT2D eigenvalue weighted by Gasteiger charge is -2.56. The van der Waals surface area contributed by atoms with Crippen LogP contribution in [0.4, 0.5) is 4.79 Å². The maximum atomic E-state index is 12.2. The summed E-state index contributed by atoms with van der Waals surface area (Å²) in [5.41, 5.74) is 5.52. The van der Waals surface area contributed by atoms with Crippen molar-refractivity contribution in [2.75, 3.05) is 0 Å². The molecule has 0 saturated heterocycles. The molecule has 1 unspecified atom stereocenters. The predicted octanol–water partition coefficient (Wildman–Crippen LogP) is 1.97. The fraction of sp³-hybridized carbons (Fsp3) is 0.867. The highest BCUT2D eigenvalue weighted by Gasteiger charge is 2.51. The summed E-state index contributed by atoms with van der Waals surface area (Å²) < 4.78 is 0. The van der Waals surface area contributed by atoms with E-state index in [1.165, 1.54) is 19.3 Å². The zero-order valence-electron chi connectivity index (χ0n) is 12.2. The Morgan fingerprint density at radius 1 is 1.25 bits per heavy atom. The lowest BCUT2D eigenvalue weighted by Crippen LogP contribution is -2.62. The van der Waals surface area contributed by atoms with Gasteiger partial charge >= 0.3 is 6.03 Å². The van der Waals surface area contributed by atoms with Crippen molar-refractivity contribution in [1.29, 1.82) is 5.41 Å². The summed E-state index contributed by atoms with van der Waals surface area (Å²) in [6.07, 6.45) is 8.19. The molecule has 0 aromatic carbocycles. The first-order valence-electron chi connectivity index (χ1n) is 7.92. The van der Waals surface area contributed by atoms with Crippen LogP contribution in [0.25, 0.3) is 0 Å². The molecule has 0 aromatic heterocycles. The average Bonchev–Trinajstić information content (AvgIpc) is 2.33. The maximum Gasteiger partial charge on any atom is 0.315 e. The third kappa shape index (κ3) is 2.50. The van der Waals surface area contributed by atoms with Gasteiger partial charge in [0, 0.05) is 5.54 Å². The fourth-order valence-electron chi connectivity index (χ4n) is 5.10. The maximum absolute atomic E-state index is 12.2. The molecule has 0 spiro atoms. The van der Waals surface area contributed by atoms with E-state index < -0.39 is 0 Å². The van der Waals surface area contributed by atoms with Gasteiger partial charge in [-0.05, 0) is 62.7 Å². The predicted molar refractivity (Wildman–Crippen MR) is 78.6 cm³/mol. The molecule has 4 aliphatic carbocycles. The molecular formula is C15H26N4O. The van der Waals surface area contributed by atoms with Gasteiger partial charge in [0.05, 0.1) is 6.04 Å². The highest BCUT2D eigenvalue weighted by atomic mass is 16.2. The Hall–Kier alpha value is -1.26. The number of nitrogens with one attached hydrogen (secondary N) is 3. The third-order valence-corrected chi connectivity index (χ3v) is 5.51. The van der Waals surface area contributed by atoms with Gasteiger partial charge in [0.1, 0.15) is 5.84 Å². The number of amidine groups is 1. The van der Waals surface area contributed by atoms with Gasteiger partial charge in [0.25, 0.3) is 0 Å². The van der Waals surface area contributed by atoms with Gasteiger partial charge in [0.2, 0.25) is 0 Å². The molecule has 4 rings (SSSR count). The van der Waals surface area contributed by atoms with Crippen molar-refractivity contribution in [2.45, 2.75) is 63.5 Å². The first-order valence-corrected chi connectivity index (χ1v) is 7.92. The van der Waals surface area contributed by atoms with Gasteiger partial charge in [0.15, 0.2) is 0 Å². The number of hydrogen-bond acceptors (Lipinski definition) is 2. The standard InChI is InChI=1S/C15H26N4O/c1-2-12(13(16)17)18-14(20)19-15-6-9-3-10(7-15)5-11(4-9)8-15/h9-12H,2-8H2,1H3,(H3,16,17)(H2,18,19,20). The minimum Gasteiger partial charge on any atom is -0.386 e. The molecule has 2 amide bonds. The third-order valence-electron chi connectivity index (χ3n) is 5.51. The van der Waals surface area contributed by atoms with Crippen LogP contribution in [-0.4, -0.2) is 23.4 Å². The molecule has 112 valence electrons. The van der Waals surface area contributed by atoms with Crippen molar-refractivity contribution < 1.29 is 4.79 Å². The van der Waals surface area contributed by atoms with Gasteiger partial charge in [-0.25, -0.2) is 4.79 Å². The van der Waals surface area contributed by atoms with Crippen LogP contribution in [0.5, 0.6) is 0 Å². The molecule has 0 radical (unpaired) electrons. The lowest BCUT2D eigenvalue weighted by atomic mass is 9.53. The number of carbonyl (C=O) groups is 1. The van der Waals surface area contributed by atoms with Crippen LogP contribution >= 0.6 is 0 Å². The van der Waals surface area contributed by atoms with E-state index in [-0.39, 0.29) is 23.4 Å².